The fraction of sp³-hybridized carbons (Fsp3) is 0.259. The lowest BCUT2D eigenvalue weighted by molar-refractivity contribution is -0.131. The minimum atomic E-state index is -1.34. The fourth-order valence-corrected chi connectivity index (χ4v) is 5.89. The van der Waals surface area contributed by atoms with Gasteiger partial charge >= 0.3 is 0 Å². The van der Waals surface area contributed by atoms with Crippen molar-refractivity contribution in [3.05, 3.63) is 92.7 Å². The maximum absolute atomic E-state index is 14.5. The van der Waals surface area contributed by atoms with E-state index in [1.807, 2.05) is 6.92 Å². The van der Waals surface area contributed by atoms with Crippen LogP contribution in [0.4, 0.5) is 10.1 Å². The number of carbonyl (C=O) groups excluding carboxylic acids is 2. The van der Waals surface area contributed by atoms with Crippen molar-refractivity contribution in [2.45, 2.75) is 30.7 Å². The summed E-state index contributed by atoms with van der Waals surface area (Å²) >= 11 is 12.7. The number of anilines is 1. The zero-order valence-corrected chi connectivity index (χ0v) is 20.9. The predicted octanol–water partition coefficient (Wildman–Crippen LogP) is 5.01. The molecule has 0 bridgehead atoms. The second-order valence-electron chi connectivity index (χ2n) is 9.09. The molecule has 4 N–H and O–H groups in total. The van der Waals surface area contributed by atoms with Crippen LogP contribution in [0, 0.1) is 12.7 Å². The summed E-state index contributed by atoms with van der Waals surface area (Å²) in [4.78, 5) is 27.3. The van der Waals surface area contributed by atoms with Gasteiger partial charge in [0.05, 0.1) is 6.04 Å². The lowest BCUT2D eigenvalue weighted by Gasteiger charge is -2.47. The number of fused-ring (bicyclic) bond motifs is 2. The number of carbonyl (C=O) groups is 2. The van der Waals surface area contributed by atoms with Crippen LogP contribution >= 0.6 is 23.2 Å². The molecule has 3 aromatic carbocycles. The van der Waals surface area contributed by atoms with Gasteiger partial charge in [0.15, 0.2) is 0 Å². The maximum Gasteiger partial charge on any atom is 0.238 e. The van der Waals surface area contributed by atoms with E-state index in [0.29, 0.717) is 38.2 Å². The number of aryl methyl sites for hydroxylation is 1. The zero-order chi connectivity index (χ0) is 25.6. The average Bonchev–Trinajstić information content (AvgIpc) is 3.12. The molecule has 0 radical (unpaired) electrons. The van der Waals surface area contributed by atoms with Gasteiger partial charge in [-0.2, -0.15) is 0 Å². The smallest absolute Gasteiger partial charge is 0.238 e. The van der Waals surface area contributed by atoms with Crippen LogP contribution in [0.2, 0.25) is 10.0 Å². The Balaban J connectivity index is 1.82. The van der Waals surface area contributed by atoms with E-state index in [1.165, 1.54) is 12.1 Å². The standard InChI is InChI=1S/C27H24Cl2FN3O3/c1-14-2-5-17(30)12-18(14)25-27(20-6-3-16(29)11-22(20)32-26(27)35)21(13-24(34)33-25)19-10-15(28)4-7-23(19)36-9-8-31/h2-7,10-12,21,25H,8-9,13,31H2,1H3,(H,32,35)(H,33,34). The highest BCUT2D eigenvalue weighted by Gasteiger charge is 2.61. The first kappa shape index (κ1) is 24.6. The Morgan fingerprint density at radius 2 is 1.81 bits per heavy atom. The van der Waals surface area contributed by atoms with Crippen LogP contribution in [0.1, 0.15) is 40.6 Å². The van der Waals surface area contributed by atoms with Crippen molar-refractivity contribution < 1.29 is 18.7 Å². The topological polar surface area (TPSA) is 93.4 Å². The molecule has 1 spiro atoms. The van der Waals surface area contributed by atoms with E-state index >= 15 is 0 Å². The van der Waals surface area contributed by atoms with Crippen LogP contribution in [0.3, 0.4) is 0 Å². The number of halogens is 3. The van der Waals surface area contributed by atoms with Gasteiger partial charge in [0.2, 0.25) is 11.8 Å². The number of ether oxygens (including phenoxy) is 1. The lowest BCUT2D eigenvalue weighted by Crippen LogP contribution is -2.57. The molecule has 2 aliphatic rings. The van der Waals surface area contributed by atoms with Crippen molar-refractivity contribution in [3.8, 4) is 5.75 Å². The van der Waals surface area contributed by atoms with E-state index in [0.717, 1.165) is 5.56 Å². The summed E-state index contributed by atoms with van der Waals surface area (Å²) in [5.74, 6) is -1.28. The Hall–Kier alpha value is -3.13. The van der Waals surface area contributed by atoms with Crippen molar-refractivity contribution in [1.82, 2.24) is 5.32 Å². The highest BCUT2D eigenvalue weighted by molar-refractivity contribution is 6.31. The molecule has 5 rings (SSSR count). The van der Waals surface area contributed by atoms with Gasteiger partial charge in [-0.3, -0.25) is 9.59 Å². The number of hydrogen-bond acceptors (Lipinski definition) is 4. The van der Waals surface area contributed by atoms with Crippen molar-refractivity contribution in [2.24, 2.45) is 5.73 Å². The number of amides is 2. The monoisotopic (exact) mass is 527 g/mol. The Morgan fingerprint density at radius 3 is 2.58 bits per heavy atom. The first-order valence-corrected chi connectivity index (χ1v) is 12.3. The number of piperidine rings is 1. The van der Waals surface area contributed by atoms with E-state index in [1.54, 1.807) is 42.5 Å². The number of rotatable bonds is 5. The largest absolute Gasteiger partial charge is 0.492 e. The first-order valence-electron chi connectivity index (χ1n) is 11.5. The molecule has 1 saturated heterocycles. The number of benzene rings is 3. The summed E-state index contributed by atoms with van der Waals surface area (Å²) in [5, 5.41) is 6.85. The van der Waals surface area contributed by atoms with Crippen molar-refractivity contribution in [3.63, 3.8) is 0 Å². The summed E-state index contributed by atoms with van der Waals surface area (Å²) in [6.07, 6.45) is -0.0142. The second-order valence-corrected chi connectivity index (χ2v) is 9.96. The van der Waals surface area contributed by atoms with Gasteiger partial charge < -0.3 is 21.1 Å². The van der Waals surface area contributed by atoms with E-state index < -0.39 is 23.2 Å². The molecule has 3 unspecified atom stereocenters. The van der Waals surface area contributed by atoms with Crippen LogP contribution in [0.5, 0.6) is 5.75 Å². The Kier molecular flexibility index (Phi) is 6.41. The van der Waals surface area contributed by atoms with Crippen molar-refractivity contribution in [1.29, 1.82) is 0 Å². The highest BCUT2D eigenvalue weighted by Crippen LogP contribution is 2.59. The molecule has 2 amide bonds. The third kappa shape index (κ3) is 3.92. The zero-order valence-electron chi connectivity index (χ0n) is 19.4. The molecule has 0 aromatic heterocycles. The molecular weight excluding hydrogens is 504 g/mol. The van der Waals surface area contributed by atoms with Gasteiger partial charge in [-0.25, -0.2) is 4.39 Å². The average molecular weight is 528 g/mol. The van der Waals surface area contributed by atoms with Crippen LogP contribution in [0.25, 0.3) is 0 Å². The molecule has 36 heavy (non-hydrogen) atoms. The SMILES string of the molecule is Cc1ccc(F)cc1C1NC(=O)CC(c2cc(Cl)ccc2OCCN)C12C(=O)Nc1cc(Cl)ccc12. The predicted molar refractivity (Wildman–Crippen MR) is 137 cm³/mol. The molecule has 0 saturated carbocycles. The maximum atomic E-state index is 14.5. The number of hydrogen-bond donors (Lipinski definition) is 3. The van der Waals surface area contributed by atoms with E-state index in [4.69, 9.17) is 33.7 Å². The summed E-state index contributed by atoms with van der Waals surface area (Å²) < 4.78 is 20.4. The summed E-state index contributed by atoms with van der Waals surface area (Å²) in [7, 11) is 0. The Morgan fingerprint density at radius 1 is 1.06 bits per heavy atom. The minimum absolute atomic E-state index is 0.0142. The van der Waals surface area contributed by atoms with Crippen LogP contribution in [0.15, 0.2) is 54.6 Å². The summed E-state index contributed by atoms with van der Waals surface area (Å²) in [5.41, 5.74) is 7.38. The highest BCUT2D eigenvalue weighted by atomic mass is 35.5. The first-order chi connectivity index (χ1) is 17.2. The third-order valence-electron chi connectivity index (χ3n) is 7.03. The molecule has 3 atom stereocenters. The molecule has 186 valence electrons. The molecule has 9 heteroatoms. The molecular formula is C27H24Cl2FN3O3. The van der Waals surface area contributed by atoms with Crippen LogP contribution in [-0.4, -0.2) is 25.0 Å². The van der Waals surface area contributed by atoms with Gasteiger partial charge in [0, 0.05) is 40.2 Å². The van der Waals surface area contributed by atoms with Crippen molar-refractivity contribution in [2.75, 3.05) is 18.5 Å². The normalized spacial score (nSPS) is 22.8. The van der Waals surface area contributed by atoms with Gasteiger partial charge in [-0.05, 0) is 66.1 Å². The molecule has 6 nitrogen and oxygen atoms in total. The fourth-order valence-electron chi connectivity index (χ4n) is 5.54. The van der Waals surface area contributed by atoms with E-state index in [-0.39, 0.29) is 31.4 Å². The van der Waals surface area contributed by atoms with Gasteiger partial charge in [-0.15, -0.1) is 0 Å². The Labute approximate surface area is 217 Å². The van der Waals surface area contributed by atoms with Gasteiger partial charge in [-0.1, -0.05) is 35.3 Å². The molecule has 3 aromatic rings. The Bertz CT molecular complexity index is 1380. The summed E-state index contributed by atoms with van der Waals surface area (Å²) in [6.45, 7) is 2.35. The third-order valence-corrected chi connectivity index (χ3v) is 7.50. The van der Waals surface area contributed by atoms with Gasteiger partial charge in [0.25, 0.3) is 0 Å². The quantitative estimate of drug-likeness (QED) is 0.434. The molecule has 0 aliphatic carbocycles. The van der Waals surface area contributed by atoms with Crippen LogP contribution in [-0.2, 0) is 15.0 Å². The minimum Gasteiger partial charge on any atom is -0.492 e. The number of nitrogens with one attached hydrogen (secondary N) is 2. The van der Waals surface area contributed by atoms with Crippen molar-refractivity contribution >= 4 is 40.7 Å². The summed E-state index contributed by atoms with van der Waals surface area (Å²) in [6, 6.07) is 13.8. The lowest BCUT2D eigenvalue weighted by atomic mass is 9.59. The molecule has 2 heterocycles. The molecule has 2 aliphatic heterocycles. The van der Waals surface area contributed by atoms with Gasteiger partial charge in [0.1, 0.15) is 23.6 Å². The van der Waals surface area contributed by atoms with Crippen LogP contribution < -0.4 is 21.1 Å². The molecule has 1 fully saturated rings. The second kappa shape index (κ2) is 9.39. The van der Waals surface area contributed by atoms with E-state index in [9.17, 15) is 14.0 Å². The van der Waals surface area contributed by atoms with E-state index in [2.05, 4.69) is 10.6 Å². The number of nitrogens with two attached hydrogens (primary N) is 1.